The van der Waals surface area contributed by atoms with E-state index in [-0.39, 0.29) is 5.91 Å². The lowest BCUT2D eigenvalue weighted by Crippen LogP contribution is -2.25. The van der Waals surface area contributed by atoms with Gasteiger partial charge in [-0.3, -0.25) is 4.79 Å². The molecule has 1 fully saturated rings. The van der Waals surface area contributed by atoms with Crippen molar-refractivity contribution in [3.8, 4) is 0 Å². The van der Waals surface area contributed by atoms with Crippen molar-refractivity contribution in [2.24, 2.45) is 5.92 Å². The van der Waals surface area contributed by atoms with Crippen LogP contribution in [0.15, 0.2) is 23.8 Å². The number of hydrogen-bond acceptors (Lipinski definition) is 1. The number of rotatable bonds is 0. The quantitative estimate of drug-likeness (QED) is 0.528. The van der Waals surface area contributed by atoms with Gasteiger partial charge in [-0.2, -0.15) is 0 Å². The third-order valence-corrected chi connectivity index (χ3v) is 2.65. The molecule has 1 aliphatic heterocycles. The summed E-state index contributed by atoms with van der Waals surface area (Å²) in [5, 5.41) is 0. The third-order valence-electron chi connectivity index (χ3n) is 2.65. The van der Waals surface area contributed by atoms with Gasteiger partial charge in [0, 0.05) is 25.9 Å². The Hall–Kier alpha value is -1.05. The van der Waals surface area contributed by atoms with E-state index >= 15 is 0 Å². The fraction of sp³-hybridized carbons (Fsp3) is 0.500. The monoisotopic (exact) mass is 163 g/mol. The molecular weight excluding hydrogens is 150 g/mol. The average Bonchev–Trinajstić information content (AvgIpc) is 2.46. The van der Waals surface area contributed by atoms with E-state index in [1.807, 2.05) is 4.90 Å². The first kappa shape index (κ1) is 7.59. The van der Waals surface area contributed by atoms with E-state index in [1.54, 1.807) is 6.92 Å². The van der Waals surface area contributed by atoms with Crippen LogP contribution in [0, 0.1) is 5.92 Å². The van der Waals surface area contributed by atoms with Crippen LogP contribution in [-0.4, -0.2) is 23.9 Å². The predicted octanol–water partition coefficient (Wildman–Crippen LogP) is 1.35. The highest BCUT2D eigenvalue weighted by Crippen LogP contribution is 2.28. The molecule has 1 saturated heterocycles. The van der Waals surface area contributed by atoms with Gasteiger partial charge in [0.25, 0.3) is 0 Å². The zero-order valence-electron chi connectivity index (χ0n) is 7.29. The van der Waals surface area contributed by atoms with Gasteiger partial charge in [-0.25, -0.2) is 0 Å². The van der Waals surface area contributed by atoms with Crippen molar-refractivity contribution in [1.82, 2.24) is 4.90 Å². The summed E-state index contributed by atoms with van der Waals surface area (Å²) in [7, 11) is 0. The Bertz CT molecular complexity index is 265. The van der Waals surface area contributed by atoms with E-state index in [0.29, 0.717) is 5.92 Å². The second-order valence-corrected chi connectivity index (χ2v) is 3.50. The number of carbonyl (C=O) groups is 1. The van der Waals surface area contributed by atoms with Crippen LogP contribution >= 0.6 is 0 Å². The zero-order chi connectivity index (χ0) is 8.55. The summed E-state index contributed by atoms with van der Waals surface area (Å²) >= 11 is 0. The number of carbonyl (C=O) groups excluding carboxylic acids is 1. The summed E-state index contributed by atoms with van der Waals surface area (Å²) in [5.74, 6) is 0.809. The standard InChI is InChI=1S/C10H13NO/c1-8(12)11-6-9-4-2-3-5-10(9)7-11/h2-4,10H,5-7H2,1H3. The van der Waals surface area contributed by atoms with Crippen molar-refractivity contribution in [2.75, 3.05) is 13.1 Å². The van der Waals surface area contributed by atoms with E-state index in [9.17, 15) is 4.79 Å². The highest BCUT2D eigenvalue weighted by atomic mass is 16.2. The Morgan fingerprint density at radius 2 is 2.50 bits per heavy atom. The molecule has 0 aromatic rings. The number of amides is 1. The Labute approximate surface area is 72.6 Å². The average molecular weight is 163 g/mol. The van der Waals surface area contributed by atoms with Crippen molar-refractivity contribution < 1.29 is 4.79 Å². The summed E-state index contributed by atoms with van der Waals surface area (Å²) < 4.78 is 0. The van der Waals surface area contributed by atoms with Gasteiger partial charge in [-0.1, -0.05) is 18.2 Å². The smallest absolute Gasteiger partial charge is 0.219 e. The molecule has 0 radical (unpaired) electrons. The van der Waals surface area contributed by atoms with Crippen LogP contribution in [0.3, 0.4) is 0 Å². The van der Waals surface area contributed by atoms with E-state index in [4.69, 9.17) is 0 Å². The van der Waals surface area contributed by atoms with Gasteiger partial charge in [0.05, 0.1) is 0 Å². The second-order valence-electron chi connectivity index (χ2n) is 3.50. The lowest BCUT2D eigenvalue weighted by molar-refractivity contribution is -0.127. The van der Waals surface area contributed by atoms with Crippen molar-refractivity contribution >= 4 is 5.91 Å². The first-order valence-corrected chi connectivity index (χ1v) is 4.38. The van der Waals surface area contributed by atoms with Crippen molar-refractivity contribution in [1.29, 1.82) is 0 Å². The van der Waals surface area contributed by atoms with Crippen LogP contribution in [0.25, 0.3) is 0 Å². The Morgan fingerprint density at radius 1 is 1.67 bits per heavy atom. The van der Waals surface area contributed by atoms with Gasteiger partial charge in [0.2, 0.25) is 5.91 Å². The van der Waals surface area contributed by atoms with E-state index in [2.05, 4.69) is 18.2 Å². The van der Waals surface area contributed by atoms with Gasteiger partial charge in [0.15, 0.2) is 0 Å². The Kier molecular flexibility index (Phi) is 1.75. The summed E-state index contributed by atoms with van der Waals surface area (Å²) in [6.45, 7) is 3.42. The molecule has 2 rings (SSSR count). The largest absolute Gasteiger partial charge is 0.338 e. The maximum absolute atomic E-state index is 11.1. The lowest BCUT2D eigenvalue weighted by atomic mass is 9.95. The molecule has 2 aliphatic rings. The van der Waals surface area contributed by atoms with Crippen molar-refractivity contribution in [2.45, 2.75) is 13.3 Å². The van der Waals surface area contributed by atoms with Crippen LogP contribution in [0.5, 0.6) is 0 Å². The van der Waals surface area contributed by atoms with Gasteiger partial charge >= 0.3 is 0 Å². The molecule has 1 aliphatic carbocycles. The number of allylic oxidation sites excluding steroid dienone is 3. The highest BCUT2D eigenvalue weighted by Gasteiger charge is 2.28. The normalized spacial score (nSPS) is 26.9. The molecule has 0 saturated carbocycles. The Balaban J connectivity index is 2.12. The molecule has 64 valence electrons. The van der Waals surface area contributed by atoms with Crippen LogP contribution in [0.4, 0.5) is 0 Å². The highest BCUT2D eigenvalue weighted by molar-refractivity contribution is 5.74. The Morgan fingerprint density at radius 3 is 3.17 bits per heavy atom. The van der Waals surface area contributed by atoms with E-state index < -0.39 is 0 Å². The maximum atomic E-state index is 11.1. The molecule has 1 amide bonds. The molecule has 2 nitrogen and oxygen atoms in total. The molecule has 0 spiro atoms. The molecule has 1 atom stereocenters. The van der Waals surface area contributed by atoms with Crippen LogP contribution < -0.4 is 0 Å². The van der Waals surface area contributed by atoms with Gasteiger partial charge in [-0.15, -0.1) is 0 Å². The fourth-order valence-corrected chi connectivity index (χ4v) is 1.89. The van der Waals surface area contributed by atoms with Gasteiger partial charge in [0.1, 0.15) is 0 Å². The zero-order valence-corrected chi connectivity index (χ0v) is 7.29. The molecule has 1 unspecified atom stereocenters. The number of nitrogens with zero attached hydrogens (tertiary/aromatic N) is 1. The molecule has 0 bridgehead atoms. The van der Waals surface area contributed by atoms with E-state index in [0.717, 1.165) is 19.5 Å². The summed E-state index contributed by atoms with van der Waals surface area (Å²) in [4.78, 5) is 13.0. The summed E-state index contributed by atoms with van der Waals surface area (Å²) in [6.07, 6.45) is 7.53. The number of likely N-dealkylation sites (tertiary alicyclic amines) is 1. The van der Waals surface area contributed by atoms with Crippen LogP contribution in [-0.2, 0) is 4.79 Å². The third kappa shape index (κ3) is 1.17. The van der Waals surface area contributed by atoms with Crippen molar-refractivity contribution in [3.63, 3.8) is 0 Å². The lowest BCUT2D eigenvalue weighted by Gasteiger charge is -2.12. The van der Waals surface area contributed by atoms with Crippen LogP contribution in [0.2, 0.25) is 0 Å². The molecular formula is C10H13NO. The SMILES string of the molecule is CC(=O)N1CC2=CC=CCC2C1. The second kappa shape index (κ2) is 2.77. The minimum atomic E-state index is 0.199. The minimum Gasteiger partial charge on any atom is -0.338 e. The first-order valence-electron chi connectivity index (χ1n) is 4.38. The fourth-order valence-electron chi connectivity index (χ4n) is 1.89. The molecule has 2 heteroatoms. The van der Waals surface area contributed by atoms with Crippen molar-refractivity contribution in [3.05, 3.63) is 23.8 Å². The van der Waals surface area contributed by atoms with E-state index in [1.165, 1.54) is 5.57 Å². The van der Waals surface area contributed by atoms with Crippen LogP contribution in [0.1, 0.15) is 13.3 Å². The number of hydrogen-bond donors (Lipinski definition) is 0. The summed E-state index contributed by atoms with van der Waals surface area (Å²) in [5.41, 5.74) is 1.42. The summed E-state index contributed by atoms with van der Waals surface area (Å²) in [6, 6.07) is 0. The maximum Gasteiger partial charge on any atom is 0.219 e. The minimum absolute atomic E-state index is 0.199. The number of fused-ring (bicyclic) bond motifs is 1. The van der Waals surface area contributed by atoms with Gasteiger partial charge in [-0.05, 0) is 12.0 Å². The molecule has 0 N–H and O–H groups in total. The molecule has 0 aromatic heterocycles. The van der Waals surface area contributed by atoms with Gasteiger partial charge < -0.3 is 4.90 Å². The first-order chi connectivity index (χ1) is 5.77. The molecule has 0 aromatic carbocycles. The topological polar surface area (TPSA) is 20.3 Å². The molecule has 12 heavy (non-hydrogen) atoms. The molecule has 1 heterocycles. The predicted molar refractivity (Wildman–Crippen MR) is 47.6 cm³/mol.